The fourth-order valence-corrected chi connectivity index (χ4v) is 2.86. The quantitative estimate of drug-likeness (QED) is 0.701. The van der Waals surface area contributed by atoms with Crippen molar-refractivity contribution in [2.45, 2.75) is 6.92 Å². The molecule has 96 valence electrons. The Labute approximate surface area is 115 Å². The number of nitrogens with zero attached hydrogens (tertiary/aromatic N) is 2. The lowest BCUT2D eigenvalue weighted by atomic mass is 10.0. The minimum Gasteiger partial charge on any atom is -0.398 e. The van der Waals surface area contributed by atoms with E-state index in [0.717, 1.165) is 32.7 Å². The summed E-state index contributed by atoms with van der Waals surface area (Å²) in [5.74, 6) is 0.838. The van der Waals surface area contributed by atoms with Crippen molar-refractivity contribution < 1.29 is 0 Å². The molecule has 0 unspecified atom stereocenters. The van der Waals surface area contributed by atoms with E-state index in [4.69, 9.17) is 5.73 Å². The minimum atomic E-state index is 0.746. The van der Waals surface area contributed by atoms with Gasteiger partial charge in [0.2, 0.25) is 0 Å². The third-order valence-corrected chi connectivity index (χ3v) is 4.09. The Balaban J connectivity index is 2.25. The van der Waals surface area contributed by atoms with Crippen LogP contribution in [-0.2, 0) is 0 Å². The van der Waals surface area contributed by atoms with Crippen LogP contribution in [0.5, 0.6) is 0 Å². The molecule has 4 nitrogen and oxygen atoms in total. The lowest BCUT2D eigenvalue weighted by Gasteiger charge is -2.08. The maximum atomic E-state index is 6.13. The molecule has 0 spiro atoms. The number of nitrogens with one attached hydrogen (secondary N) is 1. The molecule has 3 rings (SSSR count). The number of aryl methyl sites for hydroxylation is 1. The summed E-state index contributed by atoms with van der Waals surface area (Å²) in [6, 6.07) is 6.13. The van der Waals surface area contributed by atoms with Crippen molar-refractivity contribution in [2.75, 3.05) is 18.1 Å². The van der Waals surface area contributed by atoms with Gasteiger partial charge in [-0.2, -0.15) is 0 Å². The number of aromatic nitrogens is 2. The number of benzene rings is 1. The first-order chi connectivity index (χ1) is 9.19. The van der Waals surface area contributed by atoms with Crippen molar-refractivity contribution in [1.29, 1.82) is 0 Å². The summed E-state index contributed by atoms with van der Waals surface area (Å²) < 4.78 is 4.22. The van der Waals surface area contributed by atoms with Crippen molar-refractivity contribution in [3.05, 3.63) is 36.2 Å². The molecule has 2 heterocycles. The molecule has 0 aliphatic carbocycles. The lowest BCUT2D eigenvalue weighted by molar-refractivity contribution is 1.31. The highest BCUT2D eigenvalue weighted by Crippen LogP contribution is 2.33. The topological polar surface area (TPSA) is 63.8 Å². The van der Waals surface area contributed by atoms with E-state index in [1.165, 1.54) is 17.1 Å². The summed E-state index contributed by atoms with van der Waals surface area (Å²) in [6.07, 6.45) is 3.69. The van der Waals surface area contributed by atoms with Gasteiger partial charge in [0.1, 0.15) is 5.82 Å². The number of anilines is 2. The second-order valence-electron chi connectivity index (χ2n) is 4.44. The average Bonchev–Trinajstić information content (AvgIpc) is 2.84. The monoisotopic (exact) mass is 270 g/mol. The predicted molar refractivity (Wildman–Crippen MR) is 81.5 cm³/mol. The Bertz CT molecular complexity index is 748. The Morgan fingerprint density at radius 1 is 1.21 bits per heavy atom. The van der Waals surface area contributed by atoms with Gasteiger partial charge in [-0.15, -0.1) is 0 Å². The van der Waals surface area contributed by atoms with Crippen molar-refractivity contribution in [2.24, 2.45) is 0 Å². The molecule has 19 heavy (non-hydrogen) atoms. The SMILES string of the molecule is CNc1cc2cc(-c3sncc3C)cc(N)c2cn1. The van der Waals surface area contributed by atoms with Gasteiger partial charge in [0.05, 0.1) is 4.88 Å². The number of nitrogens with two attached hydrogens (primary N) is 1. The summed E-state index contributed by atoms with van der Waals surface area (Å²) in [7, 11) is 1.86. The molecule has 1 aromatic carbocycles. The van der Waals surface area contributed by atoms with E-state index in [1.807, 2.05) is 25.4 Å². The standard InChI is InChI=1S/C14H14N4S/c1-8-6-18-19-14(8)10-3-9-5-13(16-2)17-7-11(9)12(15)4-10/h3-7H,15H2,1-2H3,(H,16,17). The molecule has 0 fully saturated rings. The first-order valence-electron chi connectivity index (χ1n) is 5.97. The van der Waals surface area contributed by atoms with Crippen molar-refractivity contribution in [1.82, 2.24) is 9.36 Å². The molecule has 0 aliphatic rings. The summed E-state index contributed by atoms with van der Waals surface area (Å²) in [4.78, 5) is 5.46. The average molecular weight is 270 g/mol. The van der Waals surface area contributed by atoms with Crippen LogP contribution in [0.3, 0.4) is 0 Å². The highest BCUT2D eigenvalue weighted by atomic mass is 32.1. The summed E-state index contributed by atoms with van der Waals surface area (Å²) >= 11 is 1.49. The number of hydrogen-bond acceptors (Lipinski definition) is 5. The molecular weight excluding hydrogens is 256 g/mol. The maximum Gasteiger partial charge on any atom is 0.126 e. The van der Waals surface area contributed by atoms with Crippen LogP contribution in [0.15, 0.2) is 30.6 Å². The summed E-state index contributed by atoms with van der Waals surface area (Å²) in [5.41, 5.74) is 9.16. The van der Waals surface area contributed by atoms with Gasteiger partial charge in [0.15, 0.2) is 0 Å². The van der Waals surface area contributed by atoms with Crippen LogP contribution in [-0.4, -0.2) is 16.4 Å². The van der Waals surface area contributed by atoms with Crippen LogP contribution >= 0.6 is 11.5 Å². The van der Waals surface area contributed by atoms with E-state index in [0.29, 0.717) is 0 Å². The zero-order valence-electron chi connectivity index (χ0n) is 10.8. The summed E-state index contributed by atoms with van der Waals surface area (Å²) in [5, 5.41) is 5.10. The number of hydrogen-bond donors (Lipinski definition) is 2. The number of nitrogen functional groups attached to an aromatic ring is 1. The normalized spacial score (nSPS) is 10.8. The van der Waals surface area contributed by atoms with Gasteiger partial charge in [-0.25, -0.2) is 9.36 Å². The molecular formula is C14H14N4S. The van der Waals surface area contributed by atoms with Gasteiger partial charge in [-0.3, -0.25) is 0 Å². The van der Waals surface area contributed by atoms with E-state index < -0.39 is 0 Å². The zero-order chi connectivity index (χ0) is 13.4. The Kier molecular flexibility index (Phi) is 2.83. The van der Waals surface area contributed by atoms with Crippen LogP contribution in [0.4, 0.5) is 11.5 Å². The van der Waals surface area contributed by atoms with Gasteiger partial charge < -0.3 is 11.1 Å². The third kappa shape index (κ3) is 2.02. The highest BCUT2D eigenvalue weighted by Gasteiger charge is 2.09. The zero-order valence-corrected chi connectivity index (χ0v) is 11.6. The van der Waals surface area contributed by atoms with E-state index in [9.17, 15) is 0 Å². The maximum absolute atomic E-state index is 6.13. The largest absolute Gasteiger partial charge is 0.398 e. The number of rotatable bonds is 2. The number of fused-ring (bicyclic) bond motifs is 1. The molecule has 3 N–H and O–H groups in total. The molecule has 5 heteroatoms. The van der Waals surface area contributed by atoms with E-state index in [1.54, 1.807) is 6.20 Å². The lowest BCUT2D eigenvalue weighted by Crippen LogP contribution is -1.94. The van der Waals surface area contributed by atoms with E-state index >= 15 is 0 Å². The van der Waals surface area contributed by atoms with Crippen LogP contribution in [0.2, 0.25) is 0 Å². The molecule has 0 bridgehead atoms. The van der Waals surface area contributed by atoms with E-state index in [2.05, 4.69) is 27.7 Å². The van der Waals surface area contributed by atoms with Crippen LogP contribution in [0.25, 0.3) is 21.2 Å². The number of pyridine rings is 1. The molecule has 0 radical (unpaired) electrons. The van der Waals surface area contributed by atoms with Crippen molar-refractivity contribution >= 4 is 33.8 Å². The molecule has 0 atom stereocenters. The fourth-order valence-electron chi connectivity index (χ4n) is 2.12. The molecule has 0 aliphatic heterocycles. The second kappa shape index (κ2) is 4.51. The van der Waals surface area contributed by atoms with Crippen molar-refractivity contribution in [3.8, 4) is 10.4 Å². The Morgan fingerprint density at radius 3 is 2.74 bits per heavy atom. The molecule has 0 saturated carbocycles. The fraction of sp³-hybridized carbons (Fsp3) is 0.143. The summed E-state index contributed by atoms with van der Waals surface area (Å²) in [6.45, 7) is 2.06. The second-order valence-corrected chi connectivity index (χ2v) is 5.25. The van der Waals surface area contributed by atoms with Gasteiger partial charge in [-0.1, -0.05) is 0 Å². The Morgan fingerprint density at radius 2 is 2.05 bits per heavy atom. The molecule has 2 aromatic heterocycles. The van der Waals surface area contributed by atoms with Gasteiger partial charge >= 0.3 is 0 Å². The molecule has 3 aromatic rings. The molecule has 0 amide bonds. The van der Waals surface area contributed by atoms with Crippen LogP contribution < -0.4 is 11.1 Å². The predicted octanol–water partition coefficient (Wildman–Crippen LogP) is 3.29. The van der Waals surface area contributed by atoms with E-state index in [-0.39, 0.29) is 0 Å². The first-order valence-corrected chi connectivity index (χ1v) is 6.75. The Hall–Kier alpha value is -2.14. The highest BCUT2D eigenvalue weighted by molar-refractivity contribution is 7.09. The van der Waals surface area contributed by atoms with Gasteiger partial charge in [-0.05, 0) is 53.2 Å². The smallest absolute Gasteiger partial charge is 0.126 e. The van der Waals surface area contributed by atoms with Crippen molar-refractivity contribution in [3.63, 3.8) is 0 Å². The van der Waals surface area contributed by atoms with Crippen LogP contribution in [0.1, 0.15) is 5.56 Å². The minimum absolute atomic E-state index is 0.746. The van der Waals surface area contributed by atoms with Gasteiger partial charge in [0, 0.05) is 30.5 Å². The third-order valence-electron chi connectivity index (χ3n) is 3.14. The van der Waals surface area contributed by atoms with Crippen LogP contribution in [0, 0.1) is 6.92 Å². The first kappa shape index (κ1) is 11.9. The van der Waals surface area contributed by atoms with Gasteiger partial charge in [0.25, 0.3) is 0 Å². The molecule has 0 saturated heterocycles.